The van der Waals surface area contributed by atoms with E-state index in [-0.39, 0.29) is 29.7 Å². The Bertz CT molecular complexity index is 653. The van der Waals surface area contributed by atoms with Crippen LogP contribution in [0.2, 0.25) is 0 Å². The number of guanidine groups is 1. The largest absolute Gasteiger partial charge is 0.444 e. The van der Waals surface area contributed by atoms with E-state index in [4.69, 9.17) is 4.42 Å². The highest BCUT2D eigenvalue weighted by molar-refractivity contribution is 14.0. The minimum atomic E-state index is -3.21. The van der Waals surface area contributed by atoms with Crippen LogP contribution in [0, 0.1) is 13.8 Å². The zero-order chi connectivity index (χ0) is 17.6. The molecule has 0 unspecified atom stereocenters. The molecule has 1 aliphatic rings. The molecule has 25 heavy (non-hydrogen) atoms. The fourth-order valence-electron chi connectivity index (χ4n) is 2.25. The molecule has 1 aliphatic heterocycles. The number of aryl methyl sites for hydroxylation is 2. The van der Waals surface area contributed by atoms with Crippen molar-refractivity contribution in [3.63, 3.8) is 0 Å². The molecule has 2 heterocycles. The second-order valence-electron chi connectivity index (χ2n) is 5.43. The maximum Gasteiger partial charge on any atom is 0.215 e. The number of hydrogen-bond acceptors (Lipinski definition) is 6. The molecule has 0 aromatic carbocycles. The smallest absolute Gasteiger partial charge is 0.215 e. The van der Waals surface area contributed by atoms with Crippen LogP contribution < -0.4 is 10.6 Å². The lowest BCUT2D eigenvalue weighted by Gasteiger charge is -2.25. The minimum absolute atomic E-state index is 0. The normalized spacial score (nSPS) is 16.4. The van der Waals surface area contributed by atoms with E-state index in [1.54, 1.807) is 23.1 Å². The Balaban J connectivity index is 0.00000312. The van der Waals surface area contributed by atoms with E-state index >= 15 is 0 Å². The second kappa shape index (κ2) is 10.6. The molecule has 144 valence electrons. The van der Waals surface area contributed by atoms with Gasteiger partial charge in [0.05, 0.1) is 18.0 Å². The Morgan fingerprint density at radius 2 is 2.00 bits per heavy atom. The van der Waals surface area contributed by atoms with Gasteiger partial charge in [0.2, 0.25) is 15.9 Å². The number of rotatable bonds is 6. The van der Waals surface area contributed by atoms with Crippen molar-refractivity contribution < 1.29 is 12.8 Å². The predicted octanol–water partition coefficient (Wildman–Crippen LogP) is 0.953. The summed E-state index contributed by atoms with van der Waals surface area (Å²) in [5.41, 5.74) is 0.862. The number of halogens is 1. The summed E-state index contributed by atoms with van der Waals surface area (Å²) in [7, 11) is -1.58. The monoisotopic (exact) mass is 503 g/mol. The van der Waals surface area contributed by atoms with Crippen molar-refractivity contribution in [3.05, 3.63) is 17.3 Å². The number of hydrogen-bond donors (Lipinski definition) is 2. The lowest BCUT2D eigenvalue weighted by molar-refractivity contribution is 0.443. The summed E-state index contributed by atoms with van der Waals surface area (Å²) in [6.07, 6.45) is 0. The summed E-state index contributed by atoms with van der Waals surface area (Å²) < 4.78 is 31.6. The van der Waals surface area contributed by atoms with Crippen LogP contribution in [0.25, 0.3) is 0 Å². The van der Waals surface area contributed by atoms with Gasteiger partial charge in [-0.05, 0) is 13.8 Å². The van der Waals surface area contributed by atoms with Crippen LogP contribution in [0.4, 0.5) is 0 Å². The molecule has 11 heteroatoms. The van der Waals surface area contributed by atoms with Crippen molar-refractivity contribution in [3.8, 4) is 0 Å². The van der Waals surface area contributed by atoms with Crippen LogP contribution >= 0.6 is 35.7 Å². The van der Waals surface area contributed by atoms with E-state index in [2.05, 4.69) is 20.6 Å². The van der Waals surface area contributed by atoms with Crippen LogP contribution in [0.5, 0.6) is 0 Å². The molecule has 2 N–H and O–H groups in total. The molecule has 1 saturated heterocycles. The van der Waals surface area contributed by atoms with Gasteiger partial charge in [-0.1, -0.05) is 0 Å². The highest BCUT2D eigenvalue weighted by Crippen LogP contribution is 2.13. The topological polar surface area (TPSA) is 99.8 Å². The van der Waals surface area contributed by atoms with Crippen LogP contribution in [-0.4, -0.2) is 67.6 Å². The molecule has 0 bridgehead atoms. The van der Waals surface area contributed by atoms with Crippen LogP contribution in [0.3, 0.4) is 0 Å². The molecule has 2 rings (SSSR count). The molecular weight excluding hydrogens is 477 g/mol. The summed E-state index contributed by atoms with van der Waals surface area (Å²) in [4.78, 5) is 8.36. The second-order valence-corrected chi connectivity index (χ2v) is 8.74. The molecule has 0 saturated carbocycles. The van der Waals surface area contributed by atoms with E-state index in [0.717, 1.165) is 23.0 Å². The maximum absolute atomic E-state index is 12.3. The summed E-state index contributed by atoms with van der Waals surface area (Å²) >= 11 is 1.79. The lowest BCUT2D eigenvalue weighted by Crippen LogP contribution is -2.44. The zero-order valence-corrected chi connectivity index (χ0v) is 18.7. The van der Waals surface area contributed by atoms with Gasteiger partial charge < -0.3 is 15.1 Å². The number of oxazole rings is 1. The van der Waals surface area contributed by atoms with Gasteiger partial charge in [-0.15, -0.1) is 24.0 Å². The van der Waals surface area contributed by atoms with Gasteiger partial charge in [0.25, 0.3) is 0 Å². The number of aromatic nitrogens is 1. The lowest BCUT2D eigenvalue weighted by atomic mass is 10.4. The van der Waals surface area contributed by atoms with Crippen molar-refractivity contribution in [1.29, 1.82) is 0 Å². The van der Waals surface area contributed by atoms with Crippen molar-refractivity contribution in [2.45, 2.75) is 20.4 Å². The van der Waals surface area contributed by atoms with Crippen molar-refractivity contribution in [2.75, 3.05) is 43.9 Å². The fourth-order valence-corrected chi connectivity index (χ4v) is 4.74. The number of nitrogens with zero attached hydrogens (tertiary/aromatic N) is 3. The number of sulfonamides is 1. The zero-order valence-electron chi connectivity index (χ0n) is 14.7. The Hall–Kier alpha value is -0.530. The van der Waals surface area contributed by atoms with Gasteiger partial charge in [-0.3, -0.25) is 4.99 Å². The first-order valence-corrected chi connectivity index (χ1v) is 10.6. The molecule has 1 aromatic heterocycles. The van der Waals surface area contributed by atoms with Crippen LogP contribution in [-0.2, 0) is 16.6 Å². The SMILES string of the molecule is CN=C(NCCS(=O)(=O)N1CCSCC1)NCc1nc(C)c(C)o1.I. The highest BCUT2D eigenvalue weighted by Gasteiger charge is 2.23. The quantitative estimate of drug-likeness (QED) is 0.339. The predicted molar refractivity (Wildman–Crippen MR) is 112 cm³/mol. The number of nitrogens with one attached hydrogen (secondary N) is 2. The van der Waals surface area contributed by atoms with Gasteiger partial charge in [0.15, 0.2) is 5.96 Å². The maximum atomic E-state index is 12.3. The Morgan fingerprint density at radius 3 is 2.56 bits per heavy atom. The molecule has 8 nitrogen and oxygen atoms in total. The number of aliphatic imine (C=N–C) groups is 1. The number of thioether (sulfide) groups is 1. The molecule has 0 aliphatic carbocycles. The molecule has 1 aromatic rings. The van der Waals surface area contributed by atoms with Gasteiger partial charge in [-0.25, -0.2) is 17.7 Å². The van der Waals surface area contributed by atoms with Crippen molar-refractivity contribution in [1.82, 2.24) is 19.9 Å². The fraction of sp³-hybridized carbons (Fsp3) is 0.714. The standard InChI is InChI=1S/C14H25N5O3S2.HI/c1-11-12(2)22-13(18-11)10-17-14(15-3)16-4-9-24(20,21)19-5-7-23-8-6-19;/h4-10H2,1-3H3,(H2,15,16,17);1H. The van der Waals surface area contributed by atoms with E-state index < -0.39 is 10.0 Å². The third kappa shape index (κ3) is 6.94. The molecule has 0 spiro atoms. The average Bonchev–Trinajstić information content (AvgIpc) is 2.89. The summed E-state index contributed by atoms with van der Waals surface area (Å²) in [6, 6.07) is 0. The summed E-state index contributed by atoms with van der Waals surface area (Å²) in [5.74, 6) is 3.67. The van der Waals surface area contributed by atoms with E-state index in [9.17, 15) is 8.42 Å². The molecule has 1 fully saturated rings. The van der Waals surface area contributed by atoms with Gasteiger partial charge in [0.1, 0.15) is 5.76 Å². The van der Waals surface area contributed by atoms with Crippen molar-refractivity contribution in [2.24, 2.45) is 4.99 Å². The molecular formula is C14H26IN5O3S2. The highest BCUT2D eigenvalue weighted by atomic mass is 127. The van der Waals surface area contributed by atoms with Gasteiger partial charge >= 0.3 is 0 Å². The van der Waals surface area contributed by atoms with Gasteiger partial charge in [-0.2, -0.15) is 11.8 Å². The van der Waals surface area contributed by atoms with Gasteiger partial charge in [0, 0.05) is 38.2 Å². The third-order valence-corrected chi connectivity index (χ3v) is 6.53. The van der Waals surface area contributed by atoms with Crippen LogP contribution in [0.15, 0.2) is 9.41 Å². The first-order chi connectivity index (χ1) is 11.4. The molecule has 0 atom stereocenters. The average molecular weight is 503 g/mol. The first-order valence-electron chi connectivity index (χ1n) is 7.85. The molecule has 0 amide bonds. The van der Waals surface area contributed by atoms with E-state index in [0.29, 0.717) is 38.0 Å². The van der Waals surface area contributed by atoms with E-state index in [1.165, 1.54) is 0 Å². The van der Waals surface area contributed by atoms with Crippen LogP contribution in [0.1, 0.15) is 17.3 Å². The summed E-state index contributed by atoms with van der Waals surface area (Å²) in [6.45, 7) is 5.65. The Labute approximate surface area is 170 Å². The molecule has 0 radical (unpaired) electrons. The van der Waals surface area contributed by atoms with Crippen molar-refractivity contribution >= 4 is 51.7 Å². The minimum Gasteiger partial charge on any atom is -0.444 e. The third-order valence-electron chi connectivity index (χ3n) is 3.72. The Morgan fingerprint density at radius 1 is 1.32 bits per heavy atom. The first kappa shape index (κ1) is 22.5. The van der Waals surface area contributed by atoms with E-state index in [1.807, 2.05) is 13.8 Å². The Kier molecular flexibility index (Phi) is 9.52. The summed E-state index contributed by atoms with van der Waals surface area (Å²) in [5, 5.41) is 6.08.